The van der Waals surface area contributed by atoms with E-state index < -0.39 is 17.7 Å². The number of hydrogen-bond acceptors (Lipinski definition) is 7. The first-order chi connectivity index (χ1) is 14.6. The van der Waals surface area contributed by atoms with E-state index in [2.05, 4.69) is 30.9 Å². The van der Waals surface area contributed by atoms with Crippen LogP contribution in [0.3, 0.4) is 0 Å². The van der Waals surface area contributed by atoms with E-state index in [9.17, 15) is 14.3 Å². The zero-order chi connectivity index (χ0) is 22.6. The van der Waals surface area contributed by atoms with Crippen LogP contribution in [-0.4, -0.2) is 50.3 Å². The molecule has 0 aliphatic heterocycles. The Hall–Kier alpha value is -3.33. The third kappa shape index (κ3) is 5.85. The molecule has 164 valence electrons. The third-order valence-corrected chi connectivity index (χ3v) is 4.54. The number of nitrogens with one attached hydrogen (secondary N) is 3. The number of alkyl halides is 1. The van der Waals surface area contributed by atoms with Crippen molar-refractivity contribution in [2.24, 2.45) is 0 Å². The van der Waals surface area contributed by atoms with Gasteiger partial charge in [-0.1, -0.05) is 0 Å². The predicted octanol–water partition coefficient (Wildman–Crippen LogP) is 3.43. The van der Waals surface area contributed by atoms with Crippen molar-refractivity contribution in [3.8, 4) is 0 Å². The van der Waals surface area contributed by atoms with Gasteiger partial charge in [-0.15, -0.1) is 0 Å². The Morgan fingerprint density at radius 1 is 1.13 bits per heavy atom. The smallest absolute Gasteiger partial charge is 0.255 e. The minimum absolute atomic E-state index is 0.0584. The van der Waals surface area contributed by atoms with Gasteiger partial charge >= 0.3 is 0 Å². The fourth-order valence-electron chi connectivity index (χ4n) is 2.85. The molecule has 0 saturated heterocycles. The molecule has 1 atom stereocenters. The largest absolute Gasteiger partial charge is 0.387 e. The second kappa shape index (κ2) is 9.22. The molecule has 3 rings (SSSR count). The summed E-state index contributed by atoms with van der Waals surface area (Å²) in [7, 11) is 0. The van der Waals surface area contributed by atoms with Crippen molar-refractivity contribution >= 4 is 34.1 Å². The summed E-state index contributed by atoms with van der Waals surface area (Å²) in [6.45, 7) is 6.31. The molecule has 0 aliphatic carbocycles. The number of benzene rings is 1. The highest BCUT2D eigenvalue weighted by Gasteiger charge is 2.27. The number of carbonyl (C=O) groups excluding carboxylic acids is 1. The summed E-state index contributed by atoms with van der Waals surface area (Å²) in [4.78, 5) is 25.5. The lowest BCUT2D eigenvalue weighted by atomic mass is 10.0. The van der Waals surface area contributed by atoms with Crippen LogP contribution in [0, 0.1) is 0 Å². The van der Waals surface area contributed by atoms with Crippen LogP contribution in [0.15, 0.2) is 42.9 Å². The number of aliphatic hydroxyl groups is 1. The Labute approximate surface area is 180 Å². The molecule has 0 fully saturated rings. The molecular formula is C22H27FN6O2. The minimum Gasteiger partial charge on any atom is -0.387 e. The number of aromatic nitrogens is 3. The summed E-state index contributed by atoms with van der Waals surface area (Å²) in [6, 6.07) is 7.36. The maximum Gasteiger partial charge on any atom is 0.255 e. The Kier molecular flexibility index (Phi) is 6.65. The molecule has 3 aromatic rings. The van der Waals surface area contributed by atoms with Gasteiger partial charge in [0.2, 0.25) is 0 Å². The van der Waals surface area contributed by atoms with E-state index in [0.29, 0.717) is 11.5 Å². The van der Waals surface area contributed by atoms with Gasteiger partial charge in [0.25, 0.3) is 5.91 Å². The van der Waals surface area contributed by atoms with Gasteiger partial charge in [-0.3, -0.25) is 14.8 Å². The maximum absolute atomic E-state index is 14.0. The summed E-state index contributed by atoms with van der Waals surface area (Å²) in [6.07, 6.45) is 3.10. The van der Waals surface area contributed by atoms with Gasteiger partial charge in [-0.2, -0.15) is 0 Å². The van der Waals surface area contributed by atoms with E-state index in [0.717, 1.165) is 16.7 Å². The molecule has 0 saturated carbocycles. The molecule has 4 N–H and O–H groups in total. The van der Waals surface area contributed by atoms with Gasteiger partial charge in [0.1, 0.15) is 12.0 Å². The monoisotopic (exact) mass is 426 g/mol. The number of rotatable bonds is 8. The minimum atomic E-state index is -1.59. The highest BCUT2D eigenvalue weighted by Crippen LogP contribution is 2.24. The van der Waals surface area contributed by atoms with E-state index in [4.69, 9.17) is 0 Å². The van der Waals surface area contributed by atoms with Gasteiger partial charge in [0.15, 0.2) is 0 Å². The molecular weight excluding hydrogens is 399 g/mol. The average Bonchev–Trinajstić information content (AvgIpc) is 2.70. The third-order valence-electron chi connectivity index (χ3n) is 4.54. The second-order valence-electron chi connectivity index (χ2n) is 8.13. The molecule has 0 bridgehead atoms. The number of halogens is 1. The van der Waals surface area contributed by atoms with E-state index in [1.54, 1.807) is 18.5 Å². The molecule has 0 aliphatic rings. The van der Waals surface area contributed by atoms with Crippen LogP contribution in [0.25, 0.3) is 11.0 Å². The number of fused-ring (bicyclic) bond motifs is 1. The lowest BCUT2D eigenvalue weighted by Gasteiger charge is -2.23. The molecule has 31 heavy (non-hydrogen) atoms. The van der Waals surface area contributed by atoms with Gasteiger partial charge in [-0.05, 0) is 45.9 Å². The quantitative estimate of drug-likeness (QED) is 0.437. The zero-order valence-electron chi connectivity index (χ0n) is 18.0. The molecule has 8 nitrogen and oxygen atoms in total. The molecule has 0 radical (unpaired) electrons. The molecule has 0 spiro atoms. The van der Waals surface area contributed by atoms with Crippen LogP contribution < -0.4 is 16.0 Å². The van der Waals surface area contributed by atoms with E-state index >= 15 is 0 Å². The van der Waals surface area contributed by atoms with Crippen molar-refractivity contribution in [3.05, 3.63) is 48.4 Å². The van der Waals surface area contributed by atoms with Gasteiger partial charge < -0.3 is 21.1 Å². The van der Waals surface area contributed by atoms with Gasteiger partial charge in [0, 0.05) is 36.4 Å². The summed E-state index contributed by atoms with van der Waals surface area (Å²) < 4.78 is 14.0. The fraction of sp³-hybridized carbons (Fsp3) is 0.364. The number of amides is 1. The van der Waals surface area contributed by atoms with E-state index in [1.807, 2.05) is 32.0 Å². The Bertz CT molecular complexity index is 1070. The first-order valence-electron chi connectivity index (χ1n) is 10.0. The molecule has 1 amide bonds. The van der Waals surface area contributed by atoms with Crippen molar-refractivity contribution < 1.29 is 14.3 Å². The second-order valence-corrected chi connectivity index (χ2v) is 8.13. The molecule has 1 aromatic carbocycles. The SMILES string of the molecule is CC(C)Nc1cc(Nc2ccc3nccnc3c2)ncc1C(=O)NCC(F)C(C)(C)O. The van der Waals surface area contributed by atoms with Crippen molar-refractivity contribution in [2.45, 2.75) is 45.5 Å². The van der Waals surface area contributed by atoms with Crippen LogP contribution in [0.4, 0.5) is 21.6 Å². The number of anilines is 3. The predicted molar refractivity (Wildman–Crippen MR) is 119 cm³/mol. The normalized spacial score (nSPS) is 12.6. The van der Waals surface area contributed by atoms with Crippen LogP contribution in [0.2, 0.25) is 0 Å². The molecule has 2 heterocycles. The lowest BCUT2D eigenvalue weighted by molar-refractivity contribution is -0.00177. The maximum atomic E-state index is 14.0. The highest BCUT2D eigenvalue weighted by atomic mass is 19.1. The van der Waals surface area contributed by atoms with Gasteiger partial charge in [-0.25, -0.2) is 9.37 Å². The zero-order valence-corrected chi connectivity index (χ0v) is 18.0. The number of nitrogens with zero attached hydrogens (tertiary/aromatic N) is 3. The first kappa shape index (κ1) is 22.4. The molecule has 9 heteroatoms. The average molecular weight is 426 g/mol. The lowest BCUT2D eigenvalue weighted by Crippen LogP contribution is -2.42. The Morgan fingerprint density at radius 3 is 2.52 bits per heavy atom. The summed E-state index contributed by atoms with van der Waals surface area (Å²) in [5, 5.41) is 18.7. The van der Waals surface area contributed by atoms with Crippen molar-refractivity contribution in [1.82, 2.24) is 20.3 Å². The van der Waals surface area contributed by atoms with E-state index in [-0.39, 0.29) is 18.2 Å². The van der Waals surface area contributed by atoms with Crippen LogP contribution in [0.1, 0.15) is 38.1 Å². The van der Waals surface area contributed by atoms with Crippen LogP contribution in [0.5, 0.6) is 0 Å². The van der Waals surface area contributed by atoms with Crippen molar-refractivity contribution in [3.63, 3.8) is 0 Å². The fourth-order valence-corrected chi connectivity index (χ4v) is 2.85. The van der Waals surface area contributed by atoms with Crippen LogP contribution in [-0.2, 0) is 0 Å². The summed E-state index contributed by atoms with van der Waals surface area (Å²) >= 11 is 0. The standard InChI is InChI=1S/C22H27FN6O2/c1-13(2)28-17-10-20(29-14-5-6-16-18(9-14)25-8-7-24-16)26-11-15(17)21(30)27-12-19(23)22(3,4)31/h5-11,13,19,31H,12H2,1-4H3,(H,27,30)(H2,26,28,29). The van der Waals surface area contributed by atoms with E-state index in [1.165, 1.54) is 20.0 Å². The van der Waals surface area contributed by atoms with Crippen LogP contribution >= 0.6 is 0 Å². The van der Waals surface area contributed by atoms with Crippen molar-refractivity contribution in [2.75, 3.05) is 17.2 Å². The number of hydrogen-bond donors (Lipinski definition) is 4. The number of pyridine rings is 1. The molecule has 2 aromatic heterocycles. The Balaban J connectivity index is 1.80. The summed E-state index contributed by atoms with van der Waals surface area (Å²) in [5.74, 6) is 0.0536. The van der Waals surface area contributed by atoms with Crippen molar-refractivity contribution in [1.29, 1.82) is 0 Å². The Morgan fingerprint density at radius 2 is 1.84 bits per heavy atom. The summed E-state index contributed by atoms with van der Waals surface area (Å²) in [5.41, 5.74) is 1.61. The topological polar surface area (TPSA) is 112 Å². The van der Waals surface area contributed by atoms with Gasteiger partial charge in [0.05, 0.1) is 34.4 Å². The first-order valence-corrected chi connectivity index (χ1v) is 10.0. The number of carbonyl (C=O) groups is 1. The molecule has 1 unspecified atom stereocenters. The highest BCUT2D eigenvalue weighted by molar-refractivity contribution is 6.00.